The van der Waals surface area contributed by atoms with Crippen LogP contribution in [0.5, 0.6) is 0 Å². The molecular formula is C14H12ClF2IN2. The molecule has 2 nitrogen and oxygen atoms in total. The molecule has 0 radical (unpaired) electrons. The fourth-order valence-corrected chi connectivity index (χ4v) is 2.51. The number of hydrogen-bond donors (Lipinski definition) is 0. The third-order valence-corrected chi connectivity index (χ3v) is 4.49. The molecule has 0 unspecified atom stereocenters. The van der Waals surface area contributed by atoms with Gasteiger partial charge in [0.1, 0.15) is 5.15 Å². The number of aryl methyl sites for hydroxylation is 1. The molecule has 0 saturated carbocycles. The van der Waals surface area contributed by atoms with Crippen LogP contribution in [0.3, 0.4) is 0 Å². The van der Waals surface area contributed by atoms with Gasteiger partial charge < -0.3 is 0 Å². The Bertz CT molecular complexity index is 620. The van der Waals surface area contributed by atoms with Crippen molar-refractivity contribution in [1.82, 2.24) is 9.97 Å². The Balaban J connectivity index is 2.49. The van der Waals surface area contributed by atoms with Crippen molar-refractivity contribution in [3.63, 3.8) is 0 Å². The molecule has 0 aliphatic rings. The predicted molar refractivity (Wildman–Crippen MR) is 84.1 cm³/mol. The summed E-state index contributed by atoms with van der Waals surface area (Å²) in [4.78, 5) is 8.63. The van der Waals surface area contributed by atoms with E-state index in [1.54, 1.807) is 12.1 Å². The molecule has 1 aromatic heterocycles. The van der Waals surface area contributed by atoms with Gasteiger partial charge in [-0.05, 0) is 35.1 Å². The highest BCUT2D eigenvalue weighted by Gasteiger charge is 2.13. The smallest absolute Gasteiger partial charge is 0.232 e. The lowest BCUT2D eigenvalue weighted by Gasteiger charge is -2.08. The SMILES string of the molecule is CCCc1nc(-c2cccc(C(F)F)c2)nc(Cl)c1I. The molecule has 106 valence electrons. The monoisotopic (exact) mass is 408 g/mol. The molecule has 0 fully saturated rings. The summed E-state index contributed by atoms with van der Waals surface area (Å²) in [7, 11) is 0. The van der Waals surface area contributed by atoms with Crippen LogP contribution in [-0.4, -0.2) is 9.97 Å². The second kappa shape index (κ2) is 6.76. The van der Waals surface area contributed by atoms with Crippen LogP contribution in [0.2, 0.25) is 5.15 Å². The Hall–Kier alpha value is -0.820. The average Bonchev–Trinajstić information content (AvgIpc) is 2.44. The van der Waals surface area contributed by atoms with Gasteiger partial charge in [-0.2, -0.15) is 0 Å². The Morgan fingerprint density at radius 3 is 2.70 bits per heavy atom. The van der Waals surface area contributed by atoms with Crippen molar-refractivity contribution in [3.8, 4) is 11.4 Å². The van der Waals surface area contributed by atoms with Crippen molar-refractivity contribution in [2.75, 3.05) is 0 Å². The van der Waals surface area contributed by atoms with E-state index in [1.807, 2.05) is 6.92 Å². The van der Waals surface area contributed by atoms with E-state index in [1.165, 1.54) is 12.1 Å². The van der Waals surface area contributed by atoms with Crippen LogP contribution in [0.1, 0.15) is 31.0 Å². The first-order valence-electron chi connectivity index (χ1n) is 6.13. The fourth-order valence-electron chi connectivity index (χ4n) is 1.81. The van der Waals surface area contributed by atoms with Crippen LogP contribution in [0, 0.1) is 3.57 Å². The molecule has 1 heterocycles. The number of halogens is 4. The van der Waals surface area contributed by atoms with Crippen LogP contribution >= 0.6 is 34.2 Å². The van der Waals surface area contributed by atoms with Gasteiger partial charge in [0, 0.05) is 11.1 Å². The summed E-state index contributed by atoms with van der Waals surface area (Å²) in [5, 5.41) is 0.363. The largest absolute Gasteiger partial charge is 0.263 e. The maximum atomic E-state index is 12.7. The minimum atomic E-state index is -2.51. The number of rotatable bonds is 4. The third kappa shape index (κ3) is 3.44. The second-order valence-electron chi connectivity index (χ2n) is 4.27. The first kappa shape index (κ1) is 15.6. The van der Waals surface area contributed by atoms with E-state index in [-0.39, 0.29) is 5.56 Å². The molecule has 2 rings (SSSR count). The topological polar surface area (TPSA) is 25.8 Å². The minimum absolute atomic E-state index is 0.0437. The lowest BCUT2D eigenvalue weighted by atomic mass is 10.1. The maximum absolute atomic E-state index is 12.7. The normalized spacial score (nSPS) is 11.1. The van der Waals surface area contributed by atoms with Gasteiger partial charge in [-0.1, -0.05) is 43.1 Å². The first-order valence-corrected chi connectivity index (χ1v) is 7.59. The van der Waals surface area contributed by atoms with Crippen molar-refractivity contribution in [3.05, 3.63) is 44.2 Å². The Morgan fingerprint density at radius 2 is 2.05 bits per heavy atom. The molecule has 2 aromatic rings. The molecule has 0 aliphatic heterocycles. The molecule has 0 bridgehead atoms. The highest BCUT2D eigenvalue weighted by Crippen LogP contribution is 2.27. The zero-order valence-electron chi connectivity index (χ0n) is 10.7. The summed E-state index contributed by atoms with van der Waals surface area (Å²) >= 11 is 8.20. The molecule has 0 aliphatic carbocycles. The van der Waals surface area contributed by atoms with E-state index in [9.17, 15) is 8.78 Å². The number of benzene rings is 1. The van der Waals surface area contributed by atoms with Crippen LogP contribution in [0.15, 0.2) is 24.3 Å². The van der Waals surface area contributed by atoms with Gasteiger partial charge in [-0.15, -0.1) is 0 Å². The van der Waals surface area contributed by atoms with Gasteiger partial charge in [-0.3, -0.25) is 0 Å². The van der Waals surface area contributed by atoms with Crippen molar-refractivity contribution in [1.29, 1.82) is 0 Å². The highest BCUT2D eigenvalue weighted by atomic mass is 127. The van der Waals surface area contributed by atoms with Crippen LogP contribution in [-0.2, 0) is 6.42 Å². The van der Waals surface area contributed by atoms with Gasteiger partial charge in [0.05, 0.1) is 9.26 Å². The molecule has 0 spiro atoms. The third-order valence-electron chi connectivity index (χ3n) is 2.76. The fraction of sp³-hybridized carbons (Fsp3) is 0.286. The molecule has 0 atom stereocenters. The Morgan fingerprint density at radius 1 is 1.30 bits per heavy atom. The zero-order valence-corrected chi connectivity index (χ0v) is 13.6. The zero-order chi connectivity index (χ0) is 14.7. The van der Waals surface area contributed by atoms with Crippen LogP contribution in [0.25, 0.3) is 11.4 Å². The summed E-state index contributed by atoms with van der Waals surface area (Å²) in [6.45, 7) is 2.04. The predicted octanol–water partition coefficient (Wildman–Crippen LogP) is 5.29. The molecule has 20 heavy (non-hydrogen) atoms. The lowest BCUT2D eigenvalue weighted by molar-refractivity contribution is 0.151. The molecule has 6 heteroatoms. The maximum Gasteiger partial charge on any atom is 0.263 e. The molecular weight excluding hydrogens is 397 g/mol. The average molecular weight is 409 g/mol. The summed E-state index contributed by atoms with van der Waals surface area (Å²) in [6.07, 6.45) is -0.800. The second-order valence-corrected chi connectivity index (χ2v) is 5.71. The van der Waals surface area contributed by atoms with E-state index >= 15 is 0 Å². The van der Waals surface area contributed by atoms with Crippen LogP contribution in [0.4, 0.5) is 8.78 Å². The summed E-state index contributed by atoms with van der Waals surface area (Å²) in [5.74, 6) is 0.390. The van der Waals surface area contributed by atoms with Crippen LogP contribution < -0.4 is 0 Å². The van der Waals surface area contributed by atoms with Gasteiger partial charge in [0.25, 0.3) is 6.43 Å². The van der Waals surface area contributed by atoms with E-state index < -0.39 is 6.43 Å². The first-order chi connectivity index (χ1) is 9.52. The van der Waals surface area contributed by atoms with Gasteiger partial charge in [-0.25, -0.2) is 18.7 Å². The molecule has 0 amide bonds. The van der Waals surface area contributed by atoms with E-state index in [4.69, 9.17) is 11.6 Å². The van der Waals surface area contributed by atoms with E-state index in [2.05, 4.69) is 32.6 Å². The lowest BCUT2D eigenvalue weighted by Crippen LogP contribution is -2.01. The Kier molecular flexibility index (Phi) is 5.26. The van der Waals surface area contributed by atoms with Gasteiger partial charge in [0.15, 0.2) is 5.82 Å². The number of alkyl halides is 2. The van der Waals surface area contributed by atoms with E-state index in [0.717, 1.165) is 22.1 Å². The number of aromatic nitrogens is 2. The standard InChI is InChI=1S/C14H12ClF2IN2/c1-2-4-10-11(18)12(15)20-14(19-10)9-6-3-5-8(7-9)13(16)17/h3,5-7,13H,2,4H2,1H3. The quantitative estimate of drug-likeness (QED) is 0.507. The van der Waals surface area contributed by atoms with Crippen molar-refractivity contribution >= 4 is 34.2 Å². The van der Waals surface area contributed by atoms with Crippen molar-refractivity contribution < 1.29 is 8.78 Å². The summed E-state index contributed by atoms with van der Waals surface area (Å²) in [6, 6.07) is 6.07. The molecule has 0 N–H and O–H groups in total. The van der Waals surface area contributed by atoms with E-state index in [0.29, 0.717) is 16.5 Å². The summed E-state index contributed by atoms with van der Waals surface area (Å²) < 4.78 is 26.3. The van der Waals surface area contributed by atoms with Gasteiger partial charge >= 0.3 is 0 Å². The van der Waals surface area contributed by atoms with Crippen molar-refractivity contribution in [2.45, 2.75) is 26.2 Å². The van der Waals surface area contributed by atoms with Crippen molar-refractivity contribution in [2.24, 2.45) is 0 Å². The number of hydrogen-bond acceptors (Lipinski definition) is 2. The molecule has 0 saturated heterocycles. The minimum Gasteiger partial charge on any atom is -0.232 e. The highest BCUT2D eigenvalue weighted by molar-refractivity contribution is 14.1. The van der Waals surface area contributed by atoms with Gasteiger partial charge in [0.2, 0.25) is 0 Å². The summed E-state index contributed by atoms with van der Waals surface area (Å²) in [5.41, 5.74) is 1.36. The number of nitrogens with zero attached hydrogens (tertiary/aromatic N) is 2. The Labute approximate surface area is 134 Å². The molecule has 1 aromatic carbocycles.